The van der Waals surface area contributed by atoms with Crippen molar-refractivity contribution in [2.24, 2.45) is 0 Å². The van der Waals surface area contributed by atoms with Crippen molar-refractivity contribution >= 4 is 15.9 Å². The third-order valence-corrected chi connectivity index (χ3v) is 5.02. The Balaban J connectivity index is 2.01. The molecule has 0 aromatic heterocycles. The number of hydrogen-bond donors (Lipinski definition) is 1. The lowest BCUT2D eigenvalue weighted by molar-refractivity contribution is -0.125. The minimum absolute atomic E-state index is 0.207. The summed E-state index contributed by atoms with van der Waals surface area (Å²) in [5, 5.41) is 2.85. The smallest absolute Gasteiger partial charge is 0.238 e. The monoisotopic (exact) mass is 310 g/mol. The number of carbonyl (C=O) groups excluding carboxylic acids is 1. The quantitative estimate of drug-likeness (QED) is 0.915. The van der Waals surface area contributed by atoms with Gasteiger partial charge in [0.25, 0.3) is 0 Å². The first-order chi connectivity index (χ1) is 9.88. The van der Waals surface area contributed by atoms with Gasteiger partial charge in [-0.3, -0.25) is 4.79 Å². The normalized spacial score (nSPS) is 20.2. The van der Waals surface area contributed by atoms with Gasteiger partial charge in [0.05, 0.1) is 6.26 Å². The van der Waals surface area contributed by atoms with Crippen molar-refractivity contribution in [3.05, 3.63) is 35.4 Å². The molecule has 1 aromatic rings. The molecule has 1 aliphatic heterocycles. The first kappa shape index (κ1) is 16.0. The van der Waals surface area contributed by atoms with E-state index in [2.05, 4.69) is 5.32 Å². The minimum Gasteiger partial charge on any atom is -0.351 e. The fourth-order valence-corrected chi connectivity index (χ4v) is 3.82. The van der Waals surface area contributed by atoms with Gasteiger partial charge in [-0.25, -0.2) is 8.42 Å². The number of sulfonamides is 1. The van der Waals surface area contributed by atoms with Crippen molar-refractivity contribution in [2.75, 3.05) is 12.8 Å². The molecule has 1 atom stereocenters. The highest BCUT2D eigenvalue weighted by Gasteiger charge is 2.34. The van der Waals surface area contributed by atoms with Crippen molar-refractivity contribution in [3.8, 4) is 0 Å². The maximum Gasteiger partial charge on any atom is 0.238 e. The van der Waals surface area contributed by atoms with E-state index < -0.39 is 16.1 Å². The standard InChI is InChI=1S/C15H22N2O3S/c1-12-6-5-7-13(10-12)11-16-15(18)14-8-3-4-9-17(14)21(2,19)20/h5-7,10,14H,3-4,8-9,11H2,1-2H3,(H,16,18). The van der Waals surface area contributed by atoms with Crippen LogP contribution in [0.25, 0.3) is 0 Å². The van der Waals surface area contributed by atoms with Crippen LogP contribution in [0.5, 0.6) is 0 Å². The zero-order valence-corrected chi connectivity index (χ0v) is 13.3. The lowest BCUT2D eigenvalue weighted by atomic mass is 10.0. The topological polar surface area (TPSA) is 66.5 Å². The van der Waals surface area contributed by atoms with E-state index in [-0.39, 0.29) is 5.91 Å². The number of piperidine rings is 1. The summed E-state index contributed by atoms with van der Waals surface area (Å²) in [6.07, 6.45) is 3.45. The molecule has 1 amide bonds. The zero-order chi connectivity index (χ0) is 15.5. The Kier molecular flexibility index (Phi) is 5.00. The van der Waals surface area contributed by atoms with Gasteiger partial charge < -0.3 is 5.32 Å². The summed E-state index contributed by atoms with van der Waals surface area (Å²) in [6.45, 7) is 2.85. The van der Waals surface area contributed by atoms with Gasteiger partial charge in [0.15, 0.2) is 0 Å². The highest BCUT2D eigenvalue weighted by Crippen LogP contribution is 2.20. The largest absolute Gasteiger partial charge is 0.351 e. The number of aryl methyl sites for hydroxylation is 1. The van der Waals surface area contributed by atoms with Gasteiger partial charge >= 0.3 is 0 Å². The van der Waals surface area contributed by atoms with E-state index in [0.29, 0.717) is 19.5 Å². The summed E-state index contributed by atoms with van der Waals surface area (Å²) in [4.78, 5) is 12.3. The minimum atomic E-state index is -3.34. The Hall–Kier alpha value is -1.40. The third kappa shape index (κ3) is 4.28. The van der Waals surface area contributed by atoms with E-state index in [1.165, 1.54) is 10.6 Å². The van der Waals surface area contributed by atoms with E-state index in [9.17, 15) is 13.2 Å². The van der Waals surface area contributed by atoms with Crippen LogP contribution >= 0.6 is 0 Å². The second kappa shape index (κ2) is 6.58. The number of carbonyl (C=O) groups is 1. The van der Waals surface area contributed by atoms with E-state index in [0.717, 1.165) is 24.0 Å². The van der Waals surface area contributed by atoms with Gasteiger partial charge in [-0.2, -0.15) is 4.31 Å². The van der Waals surface area contributed by atoms with Gasteiger partial charge in [0, 0.05) is 13.1 Å². The van der Waals surface area contributed by atoms with Gasteiger partial charge in [0.2, 0.25) is 15.9 Å². The maximum atomic E-state index is 12.3. The Morgan fingerprint density at radius 1 is 1.38 bits per heavy atom. The molecule has 1 aliphatic rings. The van der Waals surface area contributed by atoms with E-state index in [4.69, 9.17) is 0 Å². The van der Waals surface area contributed by atoms with Crippen LogP contribution in [0.15, 0.2) is 24.3 Å². The van der Waals surface area contributed by atoms with Crippen molar-refractivity contribution < 1.29 is 13.2 Å². The van der Waals surface area contributed by atoms with Crippen LogP contribution in [-0.2, 0) is 21.4 Å². The molecule has 21 heavy (non-hydrogen) atoms. The molecule has 1 heterocycles. The Morgan fingerprint density at radius 2 is 2.14 bits per heavy atom. The van der Waals surface area contributed by atoms with E-state index in [1.807, 2.05) is 31.2 Å². The molecule has 1 aromatic carbocycles. The number of amides is 1. The first-order valence-corrected chi connectivity index (χ1v) is 9.03. The molecule has 1 saturated heterocycles. The number of benzene rings is 1. The third-order valence-electron chi connectivity index (χ3n) is 3.73. The van der Waals surface area contributed by atoms with Gasteiger partial charge in [0.1, 0.15) is 6.04 Å². The summed E-state index contributed by atoms with van der Waals surface area (Å²) in [5.74, 6) is -0.207. The predicted octanol–water partition coefficient (Wildman–Crippen LogP) is 1.43. The van der Waals surface area contributed by atoms with Crippen LogP contribution in [0.2, 0.25) is 0 Å². The molecular formula is C15H22N2O3S. The molecule has 1 fully saturated rings. The Morgan fingerprint density at radius 3 is 2.81 bits per heavy atom. The van der Waals surface area contributed by atoms with Gasteiger partial charge in [-0.05, 0) is 25.3 Å². The van der Waals surface area contributed by atoms with Crippen LogP contribution in [0.3, 0.4) is 0 Å². The van der Waals surface area contributed by atoms with Crippen LogP contribution in [0.4, 0.5) is 0 Å². The molecule has 2 rings (SSSR count). The van der Waals surface area contributed by atoms with Gasteiger partial charge in [-0.15, -0.1) is 0 Å². The fourth-order valence-electron chi connectivity index (χ4n) is 2.69. The van der Waals surface area contributed by atoms with Crippen molar-refractivity contribution in [2.45, 2.75) is 38.8 Å². The SMILES string of the molecule is Cc1cccc(CNC(=O)C2CCCCN2S(C)(=O)=O)c1. The number of nitrogens with zero attached hydrogens (tertiary/aromatic N) is 1. The molecule has 0 bridgehead atoms. The number of rotatable bonds is 4. The Bertz CT molecular complexity index is 613. The summed E-state index contributed by atoms with van der Waals surface area (Å²) in [6, 6.07) is 7.33. The molecule has 1 N–H and O–H groups in total. The molecule has 0 aliphatic carbocycles. The van der Waals surface area contributed by atoms with Crippen molar-refractivity contribution in [3.63, 3.8) is 0 Å². The average Bonchev–Trinajstić information content (AvgIpc) is 2.44. The zero-order valence-electron chi connectivity index (χ0n) is 12.5. The van der Waals surface area contributed by atoms with Gasteiger partial charge in [-0.1, -0.05) is 36.2 Å². The summed E-state index contributed by atoms with van der Waals surface area (Å²) in [5.41, 5.74) is 2.15. The molecule has 0 radical (unpaired) electrons. The van der Waals surface area contributed by atoms with Crippen LogP contribution < -0.4 is 5.32 Å². The van der Waals surface area contributed by atoms with Crippen molar-refractivity contribution in [1.29, 1.82) is 0 Å². The summed E-state index contributed by atoms with van der Waals surface area (Å²) in [7, 11) is -3.34. The maximum absolute atomic E-state index is 12.3. The fraction of sp³-hybridized carbons (Fsp3) is 0.533. The summed E-state index contributed by atoms with van der Waals surface area (Å²) >= 11 is 0. The molecule has 6 heteroatoms. The predicted molar refractivity (Wildman–Crippen MR) is 82.2 cm³/mol. The molecule has 0 saturated carbocycles. The molecule has 1 unspecified atom stereocenters. The average molecular weight is 310 g/mol. The highest BCUT2D eigenvalue weighted by molar-refractivity contribution is 7.88. The molecular weight excluding hydrogens is 288 g/mol. The van der Waals surface area contributed by atoms with E-state index in [1.54, 1.807) is 0 Å². The second-order valence-corrected chi connectivity index (χ2v) is 7.53. The van der Waals surface area contributed by atoms with Crippen LogP contribution in [-0.4, -0.2) is 37.5 Å². The number of nitrogens with one attached hydrogen (secondary N) is 1. The molecule has 116 valence electrons. The van der Waals surface area contributed by atoms with Crippen LogP contribution in [0, 0.1) is 6.92 Å². The summed E-state index contributed by atoms with van der Waals surface area (Å²) < 4.78 is 24.9. The van der Waals surface area contributed by atoms with E-state index >= 15 is 0 Å². The highest BCUT2D eigenvalue weighted by atomic mass is 32.2. The first-order valence-electron chi connectivity index (χ1n) is 7.18. The molecule has 0 spiro atoms. The van der Waals surface area contributed by atoms with Crippen molar-refractivity contribution in [1.82, 2.24) is 9.62 Å². The molecule has 5 nitrogen and oxygen atoms in total. The lowest BCUT2D eigenvalue weighted by Crippen LogP contribution is -2.51. The second-order valence-electron chi connectivity index (χ2n) is 5.59. The number of hydrogen-bond acceptors (Lipinski definition) is 3. The lowest BCUT2D eigenvalue weighted by Gasteiger charge is -2.32. The van der Waals surface area contributed by atoms with Crippen LogP contribution in [0.1, 0.15) is 30.4 Å². The Labute approximate surface area is 126 Å².